The first-order valence-corrected chi connectivity index (χ1v) is 7.06. The number of likely N-dealkylation sites (N-methyl/N-ethyl adjacent to an activating group) is 1. The molecule has 20 heavy (non-hydrogen) atoms. The largest absolute Gasteiger partial charge is 0.311 e. The second kappa shape index (κ2) is 6.72. The van der Waals surface area contributed by atoms with Crippen molar-refractivity contribution in [3.05, 3.63) is 62.6 Å². The molecular formula is C14H12Cl3FN2. The van der Waals surface area contributed by atoms with Gasteiger partial charge in [-0.25, -0.2) is 4.39 Å². The summed E-state index contributed by atoms with van der Waals surface area (Å²) < 4.78 is 13.5. The highest BCUT2D eigenvalue weighted by Gasteiger charge is 2.16. The van der Waals surface area contributed by atoms with Gasteiger partial charge >= 0.3 is 0 Å². The lowest BCUT2D eigenvalue weighted by Gasteiger charge is -2.17. The minimum atomic E-state index is -0.436. The van der Waals surface area contributed by atoms with Gasteiger partial charge in [0.05, 0.1) is 26.8 Å². The van der Waals surface area contributed by atoms with E-state index in [2.05, 4.69) is 10.3 Å². The lowest BCUT2D eigenvalue weighted by Crippen LogP contribution is -2.20. The number of nitrogens with zero attached hydrogens (tertiary/aromatic N) is 1. The van der Waals surface area contributed by atoms with Crippen molar-refractivity contribution in [3.63, 3.8) is 0 Å². The number of pyridine rings is 1. The summed E-state index contributed by atoms with van der Waals surface area (Å²) in [5.41, 5.74) is 1.48. The van der Waals surface area contributed by atoms with Crippen molar-refractivity contribution in [2.24, 2.45) is 0 Å². The molecule has 0 amide bonds. The van der Waals surface area contributed by atoms with E-state index >= 15 is 0 Å². The first-order valence-electron chi connectivity index (χ1n) is 5.93. The molecule has 2 nitrogen and oxygen atoms in total. The lowest BCUT2D eigenvalue weighted by molar-refractivity contribution is 0.571. The number of aromatic nitrogens is 1. The van der Waals surface area contributed by atoms with E-state index in [1.54, 1.807) is 19.2 Å². The van der Waals surface area contributed by atoms with Crippen molar-refractivity contribution >= 4 is 34.8 Å². The molecule has 0 aliphatic carbocycles. The molecule has 0 fully saturated rings. The molecule has 0 saturated heterocycles. The van der Waals surface area contributed by atoms with E-state index in [9.17, 15) is 4.39 Å². The first-order chi connectivity index (χ1) is 9.51. The van der Waals surface area contributed by atoms with Crippen LogP contribution < -0.4 is 5.32 Å². The molecule has 0 spiro atoms. The normalized spacial score (nSPS) is 12.4. The van der Waals surface area contributed by atoms with Crippen LogP contribution in [0.5, 0.6) is 0 Å². The Hall–Kier alpha value is -0.870. The predicted octanol–water partition coefficient (Wildman–Crippen LogP) is 4.68. The van der Waals surface area contributed by atoms with Crippen LogP contribution in [0, 0.1) is 5.82 Å². The van der Waals surface area contributed by atoms with Crippen LogP contribution in [0.4, 0.5) is 4.39 Å². The summed E-state index contributed by atoms with van der Waals surface area (Å²) in [6, 6.07) is 6.23. The third-order valence-electron chi connectivity index (χ3n) is 2.94. The van der Waals surface area contributed by atoms with Gasteiger partial charge in [-0.1, -0.05) is 40.9 Å². The van der Waals surface area contributed by atoms with E-state index in [0.29, 0.717) is 22.2 Å². The van der Waals surface area contributed by atoms with Gasteiger partial charge < -0.3 is 5.32 Å². The van der Waals surface area contributed by atoms with Gasteiger partial charge in [0.2, 0.25) is 0 Å². The van der Waals surface area contributed by atoms with Crippen molar-refractivity contribution < 1.29 is 4.39 Å². The van der Waals surface area contributed by atoms with E-state index < -0.39 is 5.82 Å². The predicted molar refractivity (Wildman–Crippen MR) is 81.2 cm³/mol. The second-order valence-corrected chi connectivity index (χ2v) is 5.57. The van der Waals surface area contributed by atoms with Crippen LogP contribution >= 0.6 is 34.8 Å². The van der Waals surface area contributed by atoms with Gasteiger partial charge in [-0.2, -0.15) is 0 Å². The molecule has 0 aliphatic rings. The zero-order chi connectivity index (χ0) is 14.7. The average molecular weight is 334 g/mol. The van der Waals surface area contributed by atoms with E-state index in [1.807, 2.05) is 0 Å². The molecule has 1 N–H and O–H groups in total. The summed E-state index contributed by atoms with van der Waals surface area (Å²) in [6.07, 6.45) is 2.08. The van der Waals surface area contributed by atoms with Crippen molar-refractivity contribution in [2.45, 2.75) is 12.5 Å². The Balaban J connectivity index is 2.26. The maximum absolute atomic E-state index is 13.5. The Kier molecular flexibility index (Phi) is 5.22. The minimum absolute atomic E-state index is 0.109. The fraction of sp³-hybridized carbons (Fsp3) is 0.214. The van der Waals surface area contributed by atoms with Crippen LogP contribution in [0.25, 0.3) is 0 Å². The molecule has 2 aromatic rings. The maximum Gasteiger partial charge on any atom is 0.142 e. The Labute approximate surface area is 131 Å². The van der Waals surface area contributed by atoms with Gasteiger partial charge in [0.25, 0.3) is 0 Å². The number of halogens is 4. The van der Waals surface area contributed by atoms with Gasteiger partial charge in [0, 0.05) is 6.20 Å². The molecule has 106 valence electrons. The average Bonchev–Trinajstić information content (AvgIpc) is 2.41. The molecular weight excluding hydrogens is 322 g/mol. The molecule has 1 unspecified atom stereocenters. The lowest BCUT2D eigenvalue weighted by atomic mass is 10.0. The van der Waals surface area contributed by atoms with Gasteiger partial charge in [0.15, 0.2) is 0 Å². The smallest absolute Gasteiger partial charge is 0.142 e. The van der Waals surface area contributed by atoms with Crippen LogP contribution in [0.15, 0.2) is 30.5 Å². The van der Waals surface area contributed by atoms with Crippen LogP contribution in [0.2, 0.25) is 15.1 Å². The van der Waals surface area contributed by atoms with E-state index in [4.69, 9.17) is 34.8 Å². The van der Waals surface area contributed by atoms with Crippen molar-refractivity contribution in [2.75, 3.05) is 7.05 Å². The maximum atomic E-state index is 13.5. The van der Waals surface area contributed by atoms with E-state index in [-0.39, 0.29) is 11.1 Å². The fourth-order valence-corrected chi connectivity index (χ4v) is 2.55. The number of hydrogen-bond donors (Lipinski definition) is 1. The van der Waals surface area contributed by atoms with Gasteiger partial charge in [0.1, 0.15) is 5.82 Å². The Morgan fingerprint density at radius 2 is 1.95 bits per heavy atom. The van der Waals surface area contributed by atoms with Crippen LogP contribution in [0.3, 0.4) is 0 Å². The first kappa shape index (κ1) is 15.5. The molecule has 1 atom stereocenters. The molecule has 1 aromatic carbocycles. The molecule has 0 aliphatic heterocycles. The summed E-state index contributed by atoms with van der Waals surface area (Å²) in [5.74, 6) is -0.436. The Bertz CT molecular complexity index is 619. The molecule has 0 bridgehead atoms. The Morgan fingerprint density at radius 1 is 1.20 bits per heavy atom. The summed E-state index contributed by atoms with van der Waals surface area (Å²) in [6.45, 7) is 0. The third kappa shape index (κ3) is 3.61. The molecule has 6 heteroatoms. The second-order valence-electron chi connectivity index (χ2n) is 4.31. The minimum Gasteiger partial charge on any atom is -0.311 e. The van der Waals surface area contributed by atoms with Gasteiger partial charge in [-0.05, 0) is 37.2 Å². The highest BCUT2D eigenvalue weighted by atomic mass is 35.5. The summed E-state index contributed by atoms with van der Waals surface area (Å²) in [5, 5.41) is 4.18. The molecule has 2 rings (SSSR count). The summed E-state index contributed by atoms with van der Waals surface area (Å²) in [7, 11) is 1.80. The monoisotopic (exact) mass is 332 g/mol. The van der Waals surface area contributed by atoms with Crippen molar-refractivity contribution in [1.29, 1.82) is 0 Å². The summed E-state index contributed by atoms with van der Waals surface area (Å²) in [4.78, 5) is 4.24. The Morgan fingerprint density at radius 3 is 2.55 bits per heavy atom. The van der Waals surface area contributed by atoms with Crippen LogP contribution in [0.1, 0.15) is 17.3 Å². The molecule has 1 heterocycles. The van der Waals surface area contributed by atoms with E-state index in [0.717, 1.165) is 5.56 Å². The number of nitrogens with one attached hydrogen (secondary N) is 1. The van der Waals surface area contributed by atoms with Gasteiger partial charge in [-0.3, -0.25) is 4.98 Å². The highest BCUT2D eigenvalue weighted by molar-refractivity contribution is 6.34. The van der Waals surface area contributed by atoms with E-state index in [1.165, 1.54) is 18.3 Å². The van der Waals surface area contributed by atoms with Crippen LogP contribution in [-0.4, -0.2) is 12.0 Å². The van der Waals surface area contributed by atoms with Crippen LogP contribution in [-0.2, 0) is 6.42 Å². The highest BCUT2D eigenvalue weighted by Crippen LogP contribution is 2.27. The zero-order valence-corrected chi connectivity index (χ0v) is 12.9. The van der Waals surface area contributed by atoms with Crippen molar-refractivity contribution in [3.8, 4) is 0 Å². The molecule has 0 saturated carbocycles. The summed E-state index contributed by atoms with van der Waals surface area (Å²) >= 11 is 17.6. The third-order valence-corrected chi connectivity index (χ3v) is 3.75. The number of benzene rings is 1. The zero-order valence-electron chi connectivity index (χ0n) is 10.6. The van der Waals surface area contributed by atoms with Crippen molar-refractivity contribution in [1.82, 2.24) is 10.3 Å². The molecule has 1 aromatic heterocycles. The molecule has 0 radical (unpaired) electrons. The quantitative estimate of drug-likeness (QED) is 0.878. The number of hydrogen-bond acceptors (Lipinski definition) is 2. The standard InChI is InChI=1S/C14H12Cl3FN2/c1-19-13(14-11(17)6-9(15)7-20-14)5-8-2-3-10(16)12(18)4-8/h2-4,6-7,13,19H,5H2,1H3. The topological polar surface area (TPSA) is 24.9 Å². The number of rotatable bonds is 4. The SMILES string of the molecule is CNC(Cc1ccc(Cl)c(F)c1)c1ncc(Cl)cc1Cl. The fourth-order valence-electron chi connectivity index (χ4n) is 1.92. The van der Waals surface area contributed by atoms with Gasteiger partial charge in [-0.15, -0.1) is 0 Å².